The first-order chi connectivity index (χ1) is 14.8. The molecule has 0 radical (unpaired) electrons. The van der Waals surface area contributed by atoms with Crippen molar-refractivity contribution in [1.82, 2.24) is 34.5 Å². The van der Waals surface area contributed by atoms with Gasteiger partial charge in [0.15, 0.2) is 5.82 Å². The lowest BCUT2D eigenvalue weighted by atomic mass is 9.49. The van der Waals surface area contributed by atoms with E-state index in [1.165, 1.54) is 0 Å². The Morgan fingerprint density at radius 2 is 1.75 bits per heavy atom. The van der Waals surface area contributed by atoms with Crippen LogP contribution in [0.5, 0.6) is 0 Å². The molecule has 0 aliphatic heterocycles. The fraction of sp³-hybridized carbons (Fsp3) is 0.500. The Morgan fingerprint density at radius 3 is 2.31 bits per heavy atom. The maximum atomic E-state index is 13.3. The molecule has 14 heteroatoms. The van der Waals surface area contributed by atoms with Crippen molar-refractivity contribution in [3.8, 4) is 0 Å². The SMILES string of the molecule is BC(B)(B)n1cnc(C(C)(C)n2cc(Nc3ncc(C(F)(F)F)c(C4CC4)n3)c(C)n2)n1. The van der Waals surface area contributed by atoms with Crippen molar-refractivity contribution >= 4 is 35.2 Å². The van der Waals surface area contributed by atoms with E-state index < -0.39 is 17.3 Å². The van der Waals surface area contributed by atoms with Crippen molar-refractivity contribution < 1.29 is 13.2 Å². The van der Waals surface area contributed by atoms with Gasteiger partial charge in [-0.1, -0.05) is 0 Å². The summed E-state index contributed by atoms with van der Waals surface area (Å²) in [5.41, 5.74) is -0.0991. The highest BCUT2D eigenvalue weighted by molar-refractivity contribution is 6.56. The first-order valence-electron chi connectivity index (χ1n) is 10.5. The van der Waals surface area contributed by atoms with Gasteiger partial charge in [-0.2, -0.15) is 23.4 Å². The van der Waals surface area contributed by atoms with Crippen LogP contribution in [0, 0.1) is 6.92 Å². The summed E-state index contributed by atoms with van der Waals surface area (Å²) in [5.74, 6) is 0.556. The average Bonchev–Trinajstić information content (AvgIpc) is 3.26. The molecule has 0 atom stereocenters. The fourth-order valence-electron chi connectivity index (χ4n) is 3.30. The Bertz CT molecular complexity index is 1150. The molecule has 1 aliphatic rings. The summed E-state index contributed by atoms with van der Waals surface area (Å²) in [5, 5.41) is 12.0. The molecular formula is C18H24B3F3N8. The lowest BCUT2D eigenvalue weighted by Gasteiger charge is -2.23. The molecule has 3 aromatic rings. The van der Waals surface area contributed by atoms with Crippen LogP contribution < -0.4 is 5.32 Å². The standard InChI is InChI=1S/C18H24B3F3N8/c1-9-12(27-15-25-6-11(17(22,23)24)13(28-15)10-4-5-10)7-31(29-9)16(2,3)14-26-8-32(30-14)18(19,20)21/h6-8,10H,4-5,19-21H2,1-3H3,(H,25,27,28). The Morgan fingerprint density at radius 1 is 1.06 bits per heavy atom. The number of nitrogens with zero attached hydrogens (tertiary/aromatic N) is 7. The highest BCUT2D eigenvalue weighted by atomic mass is 19.4. The van der Waals surface area contributed by atoms with Crippen LogP contribution in [0.3, 0.4) is 0 Å². The normalized spacial score (nSPS) is 15.2. The molecular weight excluding hydrogens is 418 g/mol. The highest BCUT2D eigenvalue weighted by Gasteiger charge is 2.40. The Hall–Kier alpha value is -2.79. The van der Waals surface area contributed by atoms with Crippen molar-refractivity contribution in [2.24, 2.45) is 0 Å². The fourth-order valence-corrected chi connectivity index (χ4v) is 3.30. The van der Waals surface area contributed by atoms with Gasteiger partial charge in [-0.3, -0.25) is 9.36 Å². The molecule has 1 aliphatic carbocycles. The van der Waals surface area contributed by atoms with E-state index in [0.717, 1.165) is 6.20 Å². The summed E-state index contributed by atoms with van der Waals surface area (Å²) in [4.78, 5) is 12.6. The molecule has 166 valence electrons. The van der Waals surface area contributed by atoms with Crippen LogP contribution in [0.15, 0.2) is 18.7 Å². The van der Waals surface area contributed by atoms with E-state index in [1.54, 1.807) is 21.9 Å². The Labute approximate surface area is 186 Å². The second-order valence-electron chi connectivity index (χ2n) is 9.70. The lowest BCUT2D eigenvalue weighted by Crippen LogP contribution is -2.36. The zero-order valence-electron chi connectivity index (χ0n) is 19.0. The number of nitrogens with one attached hydrogen (secondary N) is 1. The first kappa shape index (κ1) is 22.4. The van der Waals surface area contributed by atoms with Gasteiger partial charge in [-0.15, -0.1) is 0 Å². The molecule has 3 aromatic heterocycles. The molecule has 3 heterocycles. The van der Waals surface area contributed by atoms with Gasteiger partial charge in [0.05, 0.1) is 22.6 Å². The number of anilines is 2. The zero-order chi connectivity index (χ0) is 23.5. The Kier molecular flexibility index (Phi) is 5.17. The highest BCUT2D eigenvalue weighted by Crippen LogP contribution is 2.45. The van der Waals surface area contributed by atoms with Crippen LogP contribution in [0.4, 0.5) is 24.8 Å². The van der Waals surface area contributed by atoms with Crippen LogP contribution in [-0.4, -0.2) is 58.1 Å². The molecule has 1 fully saturated rings. The summed E-state index contributed by atoms with van der Waals surface area (Å²) < 4.78 is 43.4. The molecule has 1 N–H and O–H groups in total. The third-order valence-corrected chi connectivity index (χ3v) is 5.53. The van der Waals surface area contributed by atoms with E-state index in [2.05, 4.69) is 30.5 Å². The summed E-state index contributed by atoms with van der Waals surface area (Å²) in [6.45, 7) is 5.71. The third-order valence-electron chi connectivity index (χ3n) is 5.53. The molecule has 4 rings (SSSR count). The third kappa shape index (κ3) is 4.27. The maximum absolute atomic E-state index is 13.3. The van der Waals surface area contributed by atoms with Crippen molar-refractivity contribution in [2.75, 3.05) is 5.32 Å². The largest absolute Gasteiger partial charge is 0.419 e. The van der Waals surface area contributed by atoms with Gasteiger partial charge in [-0.05, 0) is 38.8 Å². The van der Waals surface area contributed by atoms with Crippen molar-refractivity contribution in [3.05, 3.63) is 41.5 Å². The molecule has 0 aromatic carbocycles. The number of rotatable bonds is 6. The first-order valence-corrected chi connectivity index (χ1v) is 10.5. The van der Waals surface area contributed by atoms with E-state index in [-0.39, 0.29) is 22.8 Å². The van der Waals surface area contributed by atoms with E-state index in [0.29, 0.717) is 30.0 Å². The molecule has 0 unspecified atom stereocenters. The van der Waals surface area contributed by atoms with Gasteiger partial charge in [-0.25, -0.2) is 15.0 Å². The van der Waals surface area contributed by atoms with Gasteiger partial charge in [0.1, 0.15) is 35.4 Å². The zero-order valence-corrected chi connectivity index (χ0v) is 19.0. The summed E-state index contributed by atoms with van der Waals surface area (Å²) in [6, 6.07) is 0. The van der Waals surface area contributed by atoms with Crippen molar-refractivity contribution in [3.63, 3.8) is 0 Å². The molecule has 0 bridgehead atoms. The average molecular weight is 442 g/mol. The monoisotopic (exact) mass is 442 g/mol. The van der Waals surface area contributed by atoms with E-state index in [4.69, 9.17) is 0 Å². The topological polar surface area (TPSA) is 86.3 Å². The minimum atomic E-state index is -4.47. The quantitative estimate of drug-likeness (QED) is 0.559. The van der Waals surface area contributed by atoms with Crippen LogP contribution in [0.25, 0.3) is 0 Å². The van der Waals surface area contributed by atoms with Gasteiger partial charge in [0.25, 0.3) is 0 Å². The number of alkyl halides is 3. The second-order valence-corrected chi connectivity index (χ2v) is 9.70. The number of halogens is 3. The molecule has 32 heavy (non-hydrogen) atoms. The van der Waals surface area contributed by atoms with Gasteiger partial charge < -0.3 is 5.32 Å². The number of aromatic nitrogens is 7. The molecule has 1 saturated carbocycles. The Balaban J connectivity index is 1.62. The maximum Gasteiger partial charge on any atom is 0.419 e. The number of hydrogen-bond donors (Lipinski definition) is 1. The van der Waals surface area contributed by atoms with E-state index >= 15 is 0 Å². The van der Waals surface area contributed by atoms with Crippen molar-refractivity contribution in [1.29, 1.82) is 0 Å². The number of aryl methyl sites for hydroxylation is 1. The van der Waals surface area contributed by atoms with Gasteiger partial charge in [0.2, 0.25) is 5.95 Å². The van der Waals surface area contributed by atoms with E-state index in [1.807, 2.05) is 44.3 Å². The van der Waals surface area contributed by atoms with Gasteiger partial charge in [0, 0.05) is 18.3 Å². The summed E-state index contributed by atoms with van der Waals surface area (Å²) in [7, 11) is 6.12. The molecule has 8 nitrogen and oxygen atoms in total. The van der Waals surface area contributed by atoms with Crippen LogP contribution in [0.1, 0.15) is 55.4 Å². The minimum absolute atomic E-state index is 0.0531. The lowest BCUT2D eigenvalue weighted by molar-refractivity contribution is -0.138. The number of hydrogen-bond acceptors (Lipinski definition) is 6. The predicted octanol–water partition coefficient (Wildman–Crippen LogP) is 0.463. The summed E-state index contributed by atoms with van der Waals surface area (Å²) >= 11 is 0. The van der Waals surface area contributed by atoms with E-state index in [9.17, 15) is 13.2 Å². The molecule has 0 amide bonds. The molecule has 0 saturated heterocycles. The van der Waals surface area contributed by atoms with Crippen LogP contribution in [-0.2, 0) is 17.0 Å². The van der Waals surface area contributed by atoms with Crippen LogP contribution in [0.2, 0.25) is 0 Å². The summed E-state index contributed by atoms with van der Waals surface area (Å²) in [6.07, 6.45) is 1.27. The van der Waals surface area contributed by atoms with Crippen LogP contribution >= 0.6 is 0 Å². The van der Waals surface area contributed by atoms with Gasteiger partial charge >= 0.3 is 6.18 Å². The second kappa shape index (κ2) is 7.38. The van der Waals surface area contributed by atoms with Crippen molar-refractivity contribution in [2.45, 2.75) is 56.5 Å². The molecule has 0 spiro atoms. The smallest absolute Gasteiger partial charge is 0.321 e. The predicted molar refractivity (Wildman–Crippen MR) is 121 cm³/mol. The minimum Gasteiger partial charge on any atom is -0.321 e.